The van der Waals surface area contributed by atoms with Crippen molar-refractivity contribution in [3.63, 3.8) is 0 Å². The van der Waals surface area contributed by atoms with Gasteiger partial charge in [0, 0.05) is 17.5 Å². The van der Waals surface area contributed by atoms with Gasteiger partial charge in [0.05, 0.1) is 11.0 Å². The highest BCUT2D eigenvalue weighted by atomic mass is 19.2. The van der Waals surface area contributed by atoms with Gasteiger partial charge in [0.1, 0.15) is 0 Å². The van der Waals surface area contributed by atoms with Gasteiger partial charge in [0.15, 0.2) is 11.6 Å². The lowest BCUT2D eigenvalue weighted by Crippen LogP contribution is -2.07. The molecule has 92 valence electrons. The summed E-state index contributed by atoms with van der Waals surface area (Å²) in [6.45, 7) is 3.68. The smallest absolute Gasteiger partial charge is 0.276 e. The van der Waals surface area contributed by atoms with E-state index in [-0.39, 0.29) is 22.9 Å². The molecule has 0 aliphatic heterocycles. The van der Waals surface area contributed by atoms with E-state index in [9.17, 15) is 18.9 Å². The van der Waals surface area contributed by atoms with E-state index in [0.717, 1.165) is 6.07 Å². The van der Waals surface area contributed by atoms with Crippen LogP contribution in [0.3, 0.4) is 0 Å². The Labute approximate surface area is 96.6 Å². The normalized spacial score (nSPS) is 25.7. The Morgan fingerprint density at radius 3 is 2.24 bits per heavy atom. The summed E-state index contributed by atoms with van der Waals surface area (Å²) in [5.41, 5.74) is 5.24. The molecule has 1 fully saturated rings. The molecule has 6 heteroatoms. The Bertz CT molecular complexity index is 502. The van der Waals surface area contributed by atoms with Gasteiger partial charge in [0.2, 0.25) is 0 Å². The maximum absolute atomic E-state index is 13.2. The largest absolute Gasteiger partial charge is 0.327 e. The van der Waals surface area contributed by atoms with Crippen molar-refractivity contribution in [3.05, 3.63) is 39.4 Å². The zero-order chi connectivity index (χ0) is 13.0. The molecular formula is C11H12F2N2O2. The number of hydrogen-bond donors (Lipinski definition) is 1. The first kappa shape index (κ1) is 11.9. The Balaban J connectivity index is 2.54. The summed E-state index contributed by atoms with van der Waals surface area (Å²) in [7, 11) is 0. The molecular weight excluding hydrogens is 230 g/mol. The summed E-state index contributed by atoms with van der Waals surface area (Å²) in [6, 6.07) is 1.23. The molecule has 0 unspecified atom stereocenters. The van der Waals surface area contributed by atoms with Crippen molar-refractivity contribution in [3.8, 4) is 0 Å². The Morgan fingerprint density at radius 2 is 1.82 bits per heavy atom. The van der Waals surface area contributed by atoms with Crippen LogP contribution in [0.15, 0.2) is 12.1 Å². The summed E-state index contributed by atoms with van der Waals surface area (Å²) in [5.74, 6) is -2.61. The van der Waals surface area contributed by atoms with Gasteiger partial charge in [-0.1, -0.05) is 13.8 Å². The third-order valence-corrected chi connectivity index (χ3v) is 3.51. The minimum Gasteiger partial charge on any atom is -0.327 e. The molecule has 1 aromatic rings. The molecule has 1 aliphatic carbocycles. The van der Waals surface area contributed by atoms with Gasteiger partial charge in [-0.3, -0.25) is 10.1 Å². The first-order valence-corrected chi connectivity index (χ1v) is 5.15. The van der Waals surface area contributed by atoms with Crippen LogP contribution in [-0.2, 0) is 0 Å². The lowest BCUT2D eigenvalue weighted by molar-refractivity contribution is -0.385. The number of halogens is 2. The maximum Gasteiger partial charge on any atom is 0.276 e. The number of nitrogens with zero attached hydrogens (tertiary/aromatic N) is 1. The monoisotopic (exact) mass is 242 g/mol. The molecule has 2 N–H and O–H groups in total. The quantitative estimate of drug-likeness (QED) is 0.639. The Morgan fingerprint density at radius 1 is 1.35 bits per heavy atom. The lowest BCUT2D eigenvalue weighted by atomic mass is 10.0. The maximum atomic E-state index is 13.2. The van der Waals surface area contributed by atoms with Crippen LogP contribution in [0.4, 0.5) is 14.5 Å². The second-order valence-corrected chi connectivity index (χ2v) is 4.91. The van der Waals surface area contributed by atoms with E-state index in [0.29, 0.717) is 6.07 Å². The van der Waals surface area contributed by atoms with Crippen molar-refractivity contribution in [2.45, 2.75) is 25.8 Å². The van der Waals surface area contributed by atoms with Crippen molar-refractivity contribution in [2.75, 3.05) is 0 Å². The molecule has 0 saturated heterocycles. The fraction of sp³-hybridized carbons (Fsp3) is 0.455. The van der Waals surface area contributed by atoms with Crippen LogP contribution < -0.4 is 5.73 Å². The van der Waals surface area contributed by atoms with E-state index in [4.69, 9.17) is 5.73 Å². The molecule has 1 aliphatic rings. The third-order valence-electron chi connectivity index (χ3n) is 3.51. The molecule has 17 heavy (non-hydrogen) atoms. The number of hydrogen-bond acceptors (Lipinski definition) is 3. The minimum atomic E-state index is -1.22. The molecule has 4 nitrogen and oxygen atoms in total. The van der Waals surface area contributed by atoms with Gasteiger partial charge in [-0.05, 0) is 11.5 Å². The van der Waals surface area contributed by atoms with Crippen LogP contribution in [0, 0.1) is 27.2 Å². The first-order chi connectivity index (χ1) is 7.76. The SMILES string of the molecule is CC1(C)[C@@H](N)[C@@H]1c1cc(F)c(F)cc1[N+](=O)[O-]. The predicted octanol–water partition coefficient (Wildman–Crippen LogP) is 2.32. The molecule has 0 amide bonds. The van der Waals surface area contributed by atoms with Gasteiger partial charge in [0.25, 0.3) is 5.69 Å². The minimum absolute atomic E-state index is 0.173. The summed E-state index contributed by atoms with van der Waals surface area (Å²) in [6.07, 6.45) is 0. The fourth-order valence-corrected chi connectivity index (χ4v) is 2.23. The highest BCUT2D eigenvalue weighted by Crippen LogP contribution is 2.59. The van der Waals surface area contributed by atoms with Crippen molar-refractivity contribution in [1.29, 1.82) is 0 Å². The molecule has 2 atom stereocenters. The average Bonchev–Trinajstić information content (AvgIpc) is 2.70. The van der Waals surface area contributed by atoms with Crippen molar-refractivity contribution in [2.24, 2.45) is 11.1 Å². The Kier molecular flexibility index (Phi) is 2.43. The van der Waals surface area contributed by atoms with E-state index in [1.165, 1.54) is 0 Å². The average molecular weight is 242 g/mol. The first-order valence-electron chi connectivity index (χ1n) is 5.15. The van der Waals surface area contributed by atoms with Crippen LogP contribution in [-0.4, -0.2) is 11.0 Å². The zero-order valence-corrected chi connectivity index (χ0v) is 9.41. The molecule has 0 bridgehead atoms. The Hall–Kier alpha value is -1.56. The van der Waals surface area contributed by atoms with E-state index in [1.54, 1.807) is 0 Å². The van der Waals surface area contributed by atoms with Gasteiger partial charge in [-0.25, -0.2) is 8.78 Å². The highest BCUT2D eigenvalue weighted by molar-refractivity contribution is 5.49. The van der Waals surface area contributed by atoms with Gasteiger partial charge >= 0.3 is 0 Å². The predicted molar refractivity (Wildman–Crippen MR) is 57.5 cm³/mol. The van der Waals surface area contributed by atoms with Gasteiger partial charge in [-0.15, -0.1) is 0 Å². The summed E-state index contributed by atoms with van der Waals surface area (Å²) >= 11 is 0. The molecule has 0 heterocycles. The van der Waals surface area contributed by atoms with Gasteiger partial charge in [-0.2, -0.15) is 0 Å². The summed E-state index contributed by atoms with van der Waals surface area (Å²) in [4.78, 5) is 10.1. The summed E-state index contributed by atoms with van der Waals surface area (Å²) in [5, 5.41) is 10.8. The van der Waals surface area contributed by atoms with E-state index >= 15 is 0 Å². The molecule has 0 spiro atoms. The number of nitro groups is 1. The molecule has 2 rings (SSSR count). The molecule has 0 radical (unpaired) electrons. The van der Waals surface area contributed by atoms with Crippen LogP contribution >= 0.6 is 0 Å². The van der Waals surface area contributed by atoms with Crippen LogP contribution in [0.25, 0.3) is 0 Å². The second-order valence-electron chi connectivity index (χ2n) is 4.91. The van der Waals surface area contributed by atoms with Crippen LogP contribution in [0.5, 0.6) is 0 Å². The standard InChI is InChI=1S/C11H12F2N2O2/c1-11(2)9(10(11)14)5-3-6(12)7(13)4-8(5)15(16)17/h3-4,9-10H,14H2,1-2H3/t9-,10-/m0/s1. The molecule has 1 saturated carbocycles. The van der Waals surface area contributed by atoms with Crippen LogP contribution in [0.2, 0.25) is 0 Å². The van der Waals surface area contributed by atoms with Crippen molar-refractivity contribution in [1.82, 2.24) is 0 Å². The van der Waals surface area contributed by atoms with E-state index < -0.39 is 22.2 Å². The number of rotatable bonds is 2. The van der Waals surface area contributed by atoms with Crippen molar-refractivity contribution < 1.29 is 13.7 Å². The van der Waals surface area contributed by atoms with E-state index in [2.05, 4.69) is 0 Å². The van der Waals surface area contributed by atoms with Gasteiger partial charge < -0.3 is 5.73 Å². The van der Waals surface area contributed by atoms with Crippen LogP contribution in [0.1, 0.15) is 25.3 Å². The number of nitro benzene ring substituents is 1. The second kappa shape index (κ2) is 3.46. The molecule has 0 aromatic heterocycles. The number of nitrogens with two attached hydrogens (primary N) is 1. The van der Waals surface area contributed by atoms with Crippen molar-refractivity contribution >= 4 is 5.69 Å². The van der Waals surface area contributed by atoms with E-state index in [1.807, 2.05) is 13.8 Å². The lowest BCUT2D eigenvalue weighted by Gasteiger charge is -2.05. The summed E-state index contributed by atoms with van der Waals surface area (Å²) < 4.78 is 26.1. The zero-order valence-electron chi connectivity index (χ0n) is 9.41. The highest BCUT2D eigenvalue weighted by Gasteiger charge is 2.58. The topological polar surface area (TPSA) is 69.2 Å². The molecule has 1 aromatic carbocycles. The fourth-order valence-electron chi connectivity index (χ4n) is 2.23. The third kappa shape index (κ3) is 1.68. The number of benzene rings is 1.